The van der Waals surface area contributed by atoms with Gasteiger partial charge in [0, 0.05) is 18.6 Å². The predicted molar refractivity (Wildman–Crippen MR) is 61.8 cm³/mol. The van der Waals surface area contributed by atoms with Gasteiger partial charge >= 0.3 is 6.18 Å². The summed E-state index contributed by atoms with van der Waals surface area (Å²) in [5, 5.41) is 0. The van der Waals surface area contributed by atoms with Gasteiger partial charge in [0.1, 0.15) is 6.04 Å². The molecule has 0 amide bonds. The molecule has 0 spiro atoms. The van der Waals surface area contributed by atoms with E-state index in [1.165, 1.54) is 18.9 Å². The molecule has 1 heterocycles. The highest BCUT2D eigenvalue weighted by atomic mass is 19.4. The fourth-order valence-electron chi connectivity index (χ4n) is 2.60. The van der Waals surface area contributed by atoms with E-state index in [1.807, 2.05) is 7.05 Å². The summed E-state index contributed by atoms with van der Waals surface area (Å²) in [6, 6.07) is -2.53. The van der Waals surface area contributed by atoms with Gasteiger partial charge in [0.15, 0.2) is 0 Å². The predicted octanol–water partition coefficient (Wildman–Crippen LogP) is 1.29. The zero-order valence-corrected chi connectivity index (χ0v) is 10.7. The van der Waals surface area contributed by atoms with Gasteiger partial charge in [0.2, 0.25) is 0 Å². The quantitative estimate of drug-likeness (QED) is 0.822. The fraction of sp³-hybridized carbons (Fsp3) is 1.00. The van der Waals surface area contributed by atoms with Crippen LogP contribution in [0.25, 0.3) is 0 Å². The number of likely N-dealkylation sites (tertiary alicyclic amines) is 1. The van der Waals surface area contributed by atoms with Crippen LogP contribution in [-0.4, -0.2) is 61.3 Å². The first-order valence-corrected chi connectivity index (χ1v) is 5.96. The molecule has 6 heteroatoms. The topological polar surface area (TPSA) is 32.5 Å². The van der Waals surface area contributed by atoms with Crippen molar-refractivity contribution < 1.29 is 13.2 Å². The molecule has 1 rings (SSSR count). The molecule has 17 heavy (non-hydrogen) atoms. The van der Waals surface area contributed by atoms with E-state index in [1.54, 1.807) is 0 Å². The van der Waals surface area contributed by atoms with E-state index < -0.39 is 18.3 Å². The molecule has 1 saturated heterocycles. The Morgan fingerprint density at radius 3 is 2.41 bits per heavy atom. The summed E-state index contributed by atoms with van der Waals surface area (Å²) in [5.41, 5.74) is 5.49. The van der Waals surface area contributed by atoms with Crippen LogP contribution in [0.3, 0.4) is 0 Å². The summed E-state index contributed by atoms with van der Waals surface area (Å²) in [6.07, 6.45) is -2.52. The lowest BCUT2D eigenvalue weighted by molar-refractivity contribution is -0.192. The number of hydrogen-bond donors (Lipinski definition) is 1. The third kappa shape index (κ3) is 3.82. The molecule has 1 fully saturated rings. The van der Waals surface area contributed by atoms with E-state index in [4.69, 9.17) is 5.73 Å². The number of nitrogens with two attached hydrogens (primary N) is 1. The van der Waals surface area contributed by atoms with Crippen LogP contribution in [0.15, 0.2) is 0 Å². The Kier molecular flexibility index (Phi) is 4.80. The Morgan fingerprint density at radius 2 is 2.00 bits per heavy atom. The van der Waals surface area contributed by atoms with Crippen molar-refractivity contribution in [1.29, 1.82) is 0 Å². The number of likely N-dealkylation sites (N-methyl/N-ethyl adjacent to an activating group) is 2. The van der Waals surface area contributed by atoms with Crippen LogP contribution in [0.5, 0.6) is 0 Å². The highest BCUT2D eigenvalue weighted by Gasteiger charge is 2.46. The number of nitrogens with zero attached hydrogens (tertiary/aromatic N) is 2. The van der Waals surface area contributed by atoms with Crippen molar-refractivity contribution in [3.05, 3.63) is 0 Å². The number of piperidine rings is 1. The maximum Gasteiger partial charge on any atom is 0.405 e. The molecule has 0 saturated carbocycles. The molecule has 3 nitrogen and oxygen atoms in total. The van der Waals surface area contributed by atoms with Crippen LogP contribution in [0.2, 0.25) is 0 Å². The summed E-state index contributed by atoms with van der Waals surface area (Å²) in [4.78, 5) is 3.47. The second-order valence-electron chi connectivity index (χ2n) is 5.07. The number of rotatable bonds is 3. The van der Waals surface area contributed by atoms with Gasteiger partial charge in [-0.25, -0.2) is 0 Å². The van der Waals surface area contributed by atoms with E-state index in [9.17, 15) is 13.2 Å². The highest BCUT2D eigenvalue weighted by molar-refractivity contribution is 4.89. The molecule has 2 N–H and O–H groups in total. The molecule has 1 aliphatic heterocycles. The Labute approximate surface area is 101 Å². The van der Waals surface area contributed by atoms with Crippen molar-refractivity contribution in [3.8, 4) is 0 Å². The Hall–Kier alpha value is -0.330. The van der Waals surface area contributed by atoms with Gasteiger partial charge in [0.25, 0.3) is 0 Å². The van der Waals surface area contributed by atoms with Gasteiger partial charge in [-0.15, -0.1) is 0 Å². The number of halogens is 3. The minimum Gasteiger partial charge on any atom is -0.326 e. The zero-order chi connectivity index (χ0) is 13.2. The first-order valence-electron chi connectivity index (χ1n) is 5.96. The smallest absolute Gasteiger partial charge is 0.326 e. The summed E-state index contributed by atoms with van der Waals surface area (Å²) in [5.74, 6) is 0. The SMILES string of the molecule is CC(N)C(N(C)C1CCCN(C)C1)C(F)(F)F. The molecule has 1 aliphatic rings. The van der Waals surface area contributed by atoms with E-state index in [2.05, 4.69) is 4.90 Å². The highest BCUT2D eigenvalue weighted by Crippen LogP contribution is 2.29. The summed E-state index contributed by atoms with van der Waals surface area (Å²) < 4.78 is 38.8. The van der Waals surface area contributed by atoms with Gasteiger partial charge in [0.05, 0.1) is 0 Å². The third-order valence-electron chi connectivity index (χ3n) is 3.45. The van der Waals surface area contributed by atoms with Crippen molar-refractivity contribution in [1.82, 2.24) is 9.80 Å². The monoisotopic (exact) mass is 253 g/mol. The van der Waals surface area contributed by atoms with Crippen molar-refractivity contribution in [2.24, 2.45) is 5.73 Å². The Bertz CT molecular complexity index is 243. The van der Waals surface area contributed by atoms with Gasteiger partial charge in [-0.2, -0.15) is 13.2 Å². The van der Waals surface area contributed by atoms with Gasteiger partial charge in [-0.1, -0.05) is 0 Å². The molecule has 0 radical (unpaired) electrons. The van der Waals surface area contributed by atoms with E-state index in [0.717, 1.165) is 19.4 Å². The molecule has 0 bridgehead atoms. The average molecular weight is 253 g/mol. The maximum absolute atomic E-state index is 12.9. The maximum atomic E-state index is 12.9. The molecule has 102 valence electrons. The van der Waals surface area contributed by atoms with Gasteiger partial charge < -0.3 is 10.6 Å². The second-order valence-corrected chi connectivity index (χ2v) is 5.07. The van der Waals surface area contributed by atoms with E-state index in [0.29, 0.717) is 6.54 Å². The molecule has 3 unspecified atom stereocenters. The summed E-state index contributed by atoms with van der Waals surface area (Å²) in [6.45, 7) is 3.05. The number of hydrogen-bond acceptors (Lipinski definition) is 3. The molecular weight excluding hydrogens is 231 g/mol. The lowest BCUT2D eigenvalue weighted by atomic mass is 10.0. The van der Waals surface area contributed by atoms with Gasteiger partial charge in [-0.3, -0.25) is 4.90 Å². The minimum absolute atomic E-state index is 0.0635. The summed E-state index contributed by atoms with van der Waals surface area (Å²) in [7, 11) is 3.47. The van der Waals surface area contributed by atoms with Crippen LogP contribution in [-0.2, 0) is 0 Å². The van der Waals surface area contributed by atoms with E-state index >= 15 is 0 Å². The molecule has 0 aliphatic carbocycles. The van der Waals surface area contributed by atoms with E-state index in [-0.39, 0.29) is 6.04 Å². The molecule has 0 aromatic carbocycles. The molecule has 0 aromatic heterocycles. The van der Waals surface area contributed by atoms with Crippen molar-refractivity contribution >= 4 is 0 Å². The molecular formula is C11H22F3N3. The molecule has 0 aromatic rings. The minimum atomic E-state index is -4.26. The van der Waals surface area contributed by atoms with Gasteiger partial charge in [-0.05, 0) is 40.4 Å². The van der Waals surface area contributed by atoms with Crippen LogP contribution >= 0.6 is 0 Å². The van der Waals surface area contributed by atoms with Crippen molar-refractivity contribution in [2.75, 3.05) is 27.2 Å². The fourth-order valence-corrected chi connectivity index (χ4v) is 2.60. The first-order chi connectivity index (χ1) is 7.73. The Morgan fingerprint density at radius 1 is 1.41 bits per heavy atom. The third-order valence-corrected chi connectivity index (χ3v) is 3.45. The van der Waals surface area contributed by atoms with Crippen LogP contribution in [0, 0.1) is 0 Å². The number of alkyl halides is 3. The lowest BCUT2D eigenvalue weighted by Gasteiger charge is -2.41. The summed E-state index contributed by atoms with van der Waals surface area (Å²) >= 11 is 0. The van der Waals surface area contributed by atoms with Crippen molar-refractivity contribution in [2.45, 2.75) is 44.1 Å². The first kappa shape index (κ1) is 14.7. The standard InChI is InChI=1S/C11H22F3N3/c1-8(15)10(11(12,13)14)17(3)9-5-4-6-16(2)7-9/h8-10H,4-7,15H2,1-3H3. The largest absolute Gasteiger partial charge is 0.405 e. The second kappa shape index (κ2) is 5.54. The molecule has 3 atom stereocenters. The Balaban J connectivity index is 2.74. The zero-order valence-electron chi connectivity index (χ0n) is 10.7. The van der Waals surface area contributed by atoms with Crippen LogP contribution in [0.1, 0.15) is 19.8 Å². The van der Waals surface area contributed by atoms with Crippen LogP contribution < -0.4 is 5.73 Å². The normalized spacial score (nSPS) is 27.2. The average Bonchev–Trinajstić information content (AvgIpc) is 2.14. The lowest BCUT2D eigenvalue weighted by Crippen LogP contribution is -2.59. The van der Waals surface area contributed by atoms with Crippen molar-refractivity contribution in [3.63, 3.8) is 0 Å². The van der Waals surface area contributed by atoms with Crippen LogP contribution in [0.4, 0.5) is 13.2 Å².